The van der Waals surface area contributed by atoms with Gasteiger partial charge in [0.1, 0.15) is 11.4 Å². The highest BCUT2D eigenvalue weighted by molar-refractivity contribution is 5.42. The minimum atomic E-state index is -1.14. The summed E-state index contributed by atoms with van der Waals surface area (Å²) >= 11 is 0. The van der Waals surface area contributed by atoms with Gasteiger partial charge in [-0.2, -0.15) is 0 Å². The van der Waals surface area contributed by atoms with Gasteiger partial charge < -0.3 is 19.5 Å². The summed E-state index contributed by atoms with van der Waals surface area (Å²) in [5.41, 5.74) is 1.52. The van der Waals surface area contributed by atoms with Gasteiger partial charge in [0.05, 0.1) is 26.0 Å². The van der Waals surface area contributed by atoms with E-state index in [0.29, 0.717) is 24.2 Å². The van der Waals surface area contributed by atoms with Crippen molar-refractivity contribution < 1.29 is 14.6 Å². The van der Waals surface area contributed by atoms with Gasteiger partial charge in [-0.1, -0.05) is 45.0 Å². The van der Waals surface area contributed by atoms with Crippen molar-refractivity contribution in [3.8, 4) is 5.75 Å². The molecular formula is C24H32N2O3. The van der Waals surface area contributed by atoms with E-state index < -0.39 is 5.60 Å². The van der Waals surface area contributed by atoms with Crippen molar-refractivity contribution in [2.45, 2.75) is 32.3 Å². The maximum atomic E-state index is 12.2. The summed E-state index contributed by atoms with van der Waals surface area (Å²) < 4.78 is 11.2. The minimum absolute atomic E-state index is 0.302. The summed E-state index contributed by atoms with van der Waals surface area (Å²) in [6.07, 6.45) is 3.50. The lowest BCUT2D eigenvalue weighted by Crippen LogP contribution is -2.63. The first-order chi connectivity index (χ1) is 13.8. The van der Waals surface area contributed by atoms with Crippen molar-refractivity contribution in [1.29, 1.82) is 0 Å². The monoisotopic (exact) mass is 396 g/mol. The standard InChI is InChI=1S/C24H32N2O3/c1-17(2)19-5-7-20(8-6-19)24(27,23(3)15-26(4)16-23)21-9-22(11-25-10-21)29-14-18-12-28-13-18/h5-11,17-18,27H,12-16H2,1-4H3. The molecule has 4 rings (SSSR count). The van der Waals surface area contributed by atoms with E-state index in [1.807, 2.05) is 6.07 Å². The molecular weight excluding hydrogens is 364 g/mol. The fraction of sp³-hybridized carbons (Fsp3) is 0.542. The molecule has 0 amide bonds. The molecule has 0 saturated carbocycles. The number of rotatable bonds is 7. The average molecular weight is 397 g/mol. The zero-order valence-corrected chi connectivity index (χ0v) is 17.9. The first-order valence-corrected chi connectivity index (χ1v) is 10.5. The zero-order chi connectivity index (χ0) is 20.6. The molecule has 1 aromatic carbocycles. The molecule has 0 radical (unpaired) electrons. The normalized spacial score (nSPS) is 21.3. The van der Waals surface area contributed by atoms with Gasteiger partial charge in [-0.25, -0.2) is 0 Å². The van der Waals surface area contributed by atoms with Crippen molar-refractivity contribution in [3.05, 3.63) is 59.4 Å². The van der Waals surface area contributed by atoms with Gasteiger partial charge in [0.25, 0.3) is 0 Å². The van der Waals surface area contributed by atoms with Crippen LogP contribution in [-0.2, 0) is 10.3 Å². The van der Waals surface area contributed by atoms with Gasteiger partial charge >= 0.3 is 0 Å². The third-order valence-corrected chi connectivity index (χ3v) is 6.43. The molecule has 1 unspecified atom stereocenters. The van der Waals surface area contributed by atoms with Crippen LogP contribution in [0.4, 0.5) is 0 Å². The second-order valence-corrected chi connectivity index (χ2v) is 9.34. The highest BCUT2D eigenvalue weighted by Crippen LogP contribution is 2.50. The quantitative estimate of drug-likeness (QED) is 0.777. The summed E-state index contributed by atoms with van der Waals surface area (Å²) in [6.45, 7) is 10.3. The molecule has 3 heterocycles. The maximum absolute atomic E-state index is 12.2. The molecule has 2 fully saturated rings. The predicted octanol–water partition coefficient (Wildman–Crippen LogP) is 3.42. The van der Waals surface area contributed by atoms with Crippen molar-refractivity contribution >= 4 is 0 Å². The van der Waals surface area contributed by atoms with E-state index >= 15 is 0 Å². The Morgan fingerprint density at radius 1 is 1.21 bits per heavy atom. The Morgan fingerprint density at radius 3 is 2.45 bits per heavy atom. The van der Waals surface area contributed by atoms with Crippen LogP contribution in [0.2, 0.25) is 0 Å². The first kappa shape index (κ1) is 20.3. The lowest BCUT2D eigenvalue weighted by Gasteiger charge is -2.55. The predicted molar refractivity (Wildman–Crippen MR) is 113 cm³/mol. The zero-order valence-electron chi connectivity index (χ0n) is 17.9. The molecule has 1 atom stereocenters. The molecule has 156 valence electrons. The summed E-state index contributed by atoms with van der Waals surface area (Å²) in [4.78, 5) is 6.64. The van der Waals surface area contributed by atoms with E-state index in [2.05, 4.69) is 62.0 Å². The molecule has 1 N–H and O–H groups in total. The summed E-state index contributed by atoms with van der Waals surface area (Å²) in [6, 6.07) is 10.3. The average Bonchev–Trinajstić information content (AvgIpc) is 2.65. The number of ether oxygens (including phenoxy) is 2. The highest BCUT2D eigenvalue weighted by Gasteiger charge is 2.55. The minimum Gasteiger partial charge on any atom is -0.491 e. The Kier molecular flexibility index (Phi) is 5.40. The van der Waals surface area contributed by atoms with E-state index in [4.69, 9.17) is 9.47 Å². The number of likely N-dealkylation sites (tertiary alicyclic amines) is 1. The van der Waals surface area contributed by atoms with Crippen LogP contribution in [-0.4, -0.2) is 54.9 Å². The smallest absolute Gasteiger partial charge is 0.137 e. The largest absolute Gasteiger partial charge is 0.491 e. The fourth-order valence-corrected chi connectivity index (χ4v) is 4.64. The molecule has 0 spiro atoms. The van der Waals surface area contributed by atoms with Gasteiger partial charge in [-0.15, -0.1) is 0 Å². The molecule has 29 heavy (non-hydrogen) atoms. The number of nitrogens with zero attached hydrogens (tertiary/aromatic N) is 2. The van der Waals surface area contributed by atoms with Crippen LogP contribution in [0.3, 0.4) is 0 Å². The number of hydrogen-bond acceptors (Lipinski definition) is 5. The van der Waals surface area contributed by atoms with Crippen LogP contribution in [0.25, 0.3) is 0 Å². The Labute approximate surface area is 173 Å². The fourth-order valence-electron chi connectivity index (χ4n) is 4.64. The topological polar surface area (TPSA) is 54.8 Å². The maximum Gasteiger partial charge on any atom is 0.137 e. The van der Waals surface area contributed by atoms with Crippen LogP contribution in [0.15, 0.2) is 42.7 Å². The van der Waals surface area contributed by atoms with Crippen LogP contribution >= 0.6 is 0 Å². The molecule has 2 saturated heterocycles. The SMILES string of the molecule is CC(C)c1ccc(C(O)(c2cncc(OCC3COC3)c2)C2(C)CN(C)C2)cc1. The van der Waals surface area contributed by atoms with Crippen LogP contribution in [0.5, 0.6) is 5.75 Å². The number of benzene rings is 1. The van der Waals surface area contributed by atoms with Gasteiger partial charge in [-0.05, 0) is 30.2 Å². The van der Waals surface area contributed by atoms with Crippen molar-refractivity contribution in [3.63, 3.8) is 0 Å². The van der Waals surface area contributed by atoms with Crippen molar-refractivity contribution in [2.75, 3.05) is 40.0 Å². The highest BCUT2D eigenvalue weighted by atomic mass is 16.5. The molecule has 1 aromatic heterocycles. The van der Waals surface area contributed by atoms with E-state index in [9.17, 15) is 5.11 Å². The van der Waals surface area contributed by atoms with Crippen LogP contribution in [0.1, 0.15) is 43.4 Å². The Hall–Kier alpha value is -1.95. The van der Waals surface area contributed by atoms with Crippen LogP contribution in [0, 0.1) is 11.3 Å². The van der Waals surface area contributed by atoms with E-state index in [-0.39, 0.29) is 5.41 Å². The molecule has 5 nitrogen and oxygen atoms in total. The third kappa shape index (κ3) is 3.67. The van der Waals surface area contributed by atoms with Gasteiger partial charge in [0, 0.05) is 36.2 Å². The second-order valence-electron chi connectivity index (χ2n) is 9.34. The third-order valence-electron chi connectivity index (χ3n) is 6.43. The molecule has 2 aromatic rings. The number of hydrogen-bond donors (Lipinski definition) is 1. The molecule has 0 aliphatic carbocycles. The summed E-state index contributed by atoms with van der Waals surface area (Å²) in [7, 11) is 2.09. The lowest BCUT2D eigenvalue weighted by molar-refractivity contribution is -0.127. The summed E-state index contributed by atoms with van der Waals surface area (Å²) in [5, 5.41) is 12.2. The van der Waals surface area contributed by atoms with Gasteiger partial charge in [0.2, 0.25) is 0 Å². The van der Waals surface area contributed by atoms with E-state index in [0.717, 1.165) is 37.4 Å². The van der Waals surface area contributed by atoms with Crippen molar-refractivity contribution in [2.24, 2.45) is 11.3 Å². The van der Waals surface area contributed by atoms with E-state index in [1.54, 1.807) is 12.4 Å². The first-order valence-electron chi connectivity index (χ1n) is 10.5. The van der Waals surface area contributed by atoms with Crippen molar-refractivity contribution in [1.82, 2.24) is 9.88 Å². The molecule has 2 aliphatic rings. The van der Waals surface area contributed by atoms with E-state index in [1.165, 1.54) is 5.56 Å². The van der Waals surface area contributed by atoms with Gasteiger partial charge in [0.15, 0.2) is 0 Å². The van der Waals surface area contributed by atoms with Crippen LogP contribution < -0.4 is 4.74 Å². The second kappa shape index (κ2) is 7.71. The number of aromatic nitrogens is 1. The molecule has 0 bridgehead atoms. The molecule has 2 aliphatic heterocycles. The Balaban J connectivity index is 1.69. The number of pyridine rings is 1. The lowest BCUT2D eigenvalue weighted by atomic mass is 9.62. The molecule has 5 heteroatoms. The van der Waals surface area contributed by atoms with Gasteiger partial charge in [-0.3, -0.25) is 4.98 Å². The Bertz CT molecular complexity index is 841. The summed E-state index contributed by atoms with van der Waals surface area (Å²) in [5.74, 6) is 1.60. The Morgan fingerprint density at radius 2 is 1.90 bits per heavy atom. The number of aliphatic hydroxyl groups is 1.